The van der Waals surface area contributed by atoms with Crippen molar-refractivity contribution in [1.82, 2.24) is 15.2 Å². The SMILES string of the molecule is CO/C=C(/C(=O)OC)c1ccccc1Oc1nc(Cl)nnc1Cl. The number of carbonyl (C=O) groups excluding carboxylic acids is 1. The van der Waals surface area contributed by atoms with Crippen LogP contribution in [0.3, 0.4) is 0 Å². The van der Waals surface area contributed by atoms with Crippen LogP contribution in [0, 0.1) is 0 Å². The summed E-state index contributed by atoms with van der Waals surface area (Å²) in [6.45, 7) is 0. The molecule has 0 saturated carbocycles. The van der Waals surface area contributed by atoms with Gasteiger partial charge in [0.15, 0.2) is 0 Å². The molecule has 23 heavy (non-hydrogen) atoms. The summed E-state index contributed by atoms with van der Waals surface area (Å²) in [6.07, 6.45) is 1.25. The first-order chi connectivity index (χ1) is 11.1. The normalized spacial score (nSPS) is 11.0. The Morgan fingerprint density at radius 3 is 2.61 bits per heavy atom. The van der Waals surface area contributed by atoms with Crippen LogP contribution >= 0.6 is 23.2 Å². The van der Waals surface area contributed by atoms with Gasteiger partial charge in [-0.3, -0.25) is 0 Å². The molecule has 0 bridgehead atoms. The fourth-order valence-electron chi connectivity index (χ4n) is 1.68. The van der Waals surface area contributed by atoms with E-state index in [0.717, 1.165) is 0 Å². The minimum atomic E-state index is -0.590. The molecule has 0 fully saturated rings. The Balaban J connectivity index is 2.46. The van der Waals surface area contributed by atoms with Crippen LogP contribution in [0.4, 0.5) is 0 Å². The molecule has 0 atom stereocenters. The van der Waals surface area contributed by atoms with Crippen molar-refractivity contribution in [3.63, 3.8) is 0 Å². The summed E-state index contributed by atoms with van der Waals surface area (Å²) in [5, 5.41) is 6.91. The first-order valence-corrected chi connectivity index (χ1v) is 6.96. The molecule has 1 aromatic heterocycles. The zero-order valence-corrected chi connectivity index (χ0v) is 13.6. The van der Waals surface area contributed by atoms with E-state index >= 15 is 0 Å². The van der Waals surface area contributed by atoms with Gasteiger partial charge in [-0.15, -0.1) is 10.2 Å². The van der Waals surface area contributed by atoms with Crippen molar-refractivity contribution in [2.75, 3.05) is 14.2 Å². The predicted octanol–water partition coefficient (Wildman–Crippen LogP) is 3.13. The molecule has 1 heterocycles. The number of methoxy groups -OCH3 is 2. The van der Waals surface area contributed by atoms with E-state index in [9.17, 15) is 4.79 Å². The molecule has 0 unspecified atom stereocenters. The molecule has 120 valence electrons. The maximum Gasteiger partial charge on any atom is 0.341 e. The zero-order chi connectivity index (χ0) is 16.8. The van der Waals surface area contributed by atoms with E-state index < -0.39 is 5.97 Å². The van der Waals surface area contributed by atoms with Crippen molar-refractivity contribution in [1.29, 1.82) is 0 Å². The number of benzene rings is 1. The summed E-state index contributed by atoms with van der Waals surface area (Å²) in [4.78, 5) is 15.8. The Hall–Kier alpha value is -2.38. The Labute approximate surface area is 141 Å². The lowest BCUT2D eigenvalue weighted by Crippen LogP contribution is -2.06. The highest BCUT2D eigenvalue weighted by atomic mass is 35.5. The van der Waals surface area contributed by atoms with Gasteiger partial charge in [0.25, 0.3) is 5.88 Å². The second kappa shape index (κ2) is 7.75. The second-order valence-electron chi connectivity index (χ2n) is 4.03. The summed E-state index contributed by atoms with van der Waals surface area (Å²) in [5.41, 5.74) is 0.585. The highest BCUT2D eigenvalue weighted by molar-refractivity contribution is 6.31. The van der Waals surface area contributed by atoms with E-state index in [-0.39, 0.29) is 21.9 Å². The quantitative estimate of drug-likeness (QED) is 0.462. The molecule has 0 amide bonds. The molecule has 0 radical (unpaired) electrons. The average Bonchev–Trinajstić information content (AvgIpc) is 2.56. The Morgan fingerprint density at radius 2 is 1.91 bits per heavy atom. The lowest BCUT2D eigenvalue weighted by Gasteiger charge is -2.12. The molecule has 2 rings (SSSR count). The monoisotopic (exact) mass is 355 g/mol. The van der Waals surface area contributed by atoms with E-state index in [2.05, 4.69) is 15.2 Å². The molecular formula is C14H11Cl2N3O4. The molecule has 1 aromatic carbocycles. The highest BCUT2D eigenvalue weighted by Gasteiger charge is 2.19. The third-order valence-corrected chi connectivity index (χ3v) is 3.01. The van der Waals surface area contributed by atoms with Gasteiger partial charge in [0.05, 0.1) is 20.5 Å². The van der Waals surface area contributed by atoms with E-state index in [0.29, 0.717) is 11.3 Å². The third kappa shape index (κ3) is 4.08. The van der Waals surface area contributed by atoms with Crippen molar-refractivity contribution < 1.29 is 19.0 Å². The molecule has 0 aliphatic rings. The van der Waals surface area contributed by atoms with Gasteiger partial charge in [-0.05, 0) is 17.7 Å². The van der Waals surface area contributed by atoms with Crippen molar-refractivity contribution in [2.45, 2.75) is 0 Å². The standard InChI is InChI=1S/C14H11Cl2N3O4/c1-21-7-9(13(20)22-2)8-5-3-4-6-10(8)23-12-11(15)18-19-14(16)17-12/h3-7H,1-2H3/b9-7+. The number of nitrogens with zero attached hydrogens (tertiary/aromatic N) is 3. The predicted molar refractivity (Wildman–Crippen MR) is 83.4 cm³/mol. The fourth-order valence-corrected chi connectivity index (χ4v) is 1.91. The smallest absolute Gasteiger partial charge is 0.341 e. The lowest BCUT2D eigenvalue weighted by molar-refractivity contribution is -0.133. The van der Waals surface area contributed by atoms with Gasteiger partial charge in [-0.2, -0.15) is 4.98 Å². The molecular weight excluding hydrogens is 345 g/mol. The van der Waals surface area contributed by atoms with Crippen molar-refractivity contribution in [2.24, 2.45) is 0 Å². The van der Waals surface area contributed by atoms with Crippen molar-refractivity contribution in [3.05, 3.63) is 46.5 Å². The van der Waals surface area contributed by atoms with Crippen LogP contribution in [0.2, 0.25) is 10.4 Å². The van der Waals surface area contributed by atoms with Gasteiger partial charge in [0, 0.05) is 5.56 Å². The summed E-state index contributed by atoms with van der Waals surface area (Å²) in [6, 6.07) is 6.71. The number of halogens is 2. The molecule has 0 spiro atoms. The fraction of sp³-hybridized carbons (Fsp3) is 0.143. The van der Waals surface area contributed by atoms with Gasteiger partial charge in [-0.25, -0.2) is 4.79 Å². The summed E-state index contributed by atoms with van der Waals surface area (Å²) in [7, 11) is 2.68. The molecule has 9 heteroatoms. The summed E-state index contributed by atoms with van der Waals surface area (Å²) < 4.78 is 15.3. The number of para-hydroxylation sites is 1. The number of esters is 1. The van der Waals surface area contributed by atoms with Crippen LogP contribution in [0.15, 0.2) is 30.5 Å². The molecule has 0 saturated heterocycles. The lowest BCUT2D eigenvalue weighted by atomic mass is 10.1. The molecule has 0 aliphatic heterocycles. The molecule has 2 aromatic rings. The van der Waals surface area contributed by atoms with Gasteiger partial charge >= 0.3 is 5.97 Å². The summed E-state index contributed by atoms with van der Waals surface area (Å²) >= 11 is 11.6. The number of aromatic nitrogens is 3. The van der Waals surface area contributed by atoms with Crippen LogP contribution < -0.4 is 4.74 Å². The first-order valence-electron chi connectivity index (χ1n) is 6.21. The molecule has 7 nitrogen and oxygen atoms in total. The Morgan fingerprint density at radius 1 is 1.17 bits per heavy atom. The van der Waals surface area contributed by atoms with Crippen LogP contribution in [0.1, 0.15) is 5.56 Å². The van der Waals surface area contributed by atoms with Crippen LogP contribution in [0.25, 0.3) is 5.57 Å². The number of hydrogen-bond acceptors (Lipinski definition) is 7. The van der Waals surface area contributed by atoms with E-state index in [1.807, 2.05) is 0 Å². The van der Waals surface area contributed by atoms with Crippen LogP contribution in [-0.4, -0.2) is 35.4 Å². The van der Waals surface area contributed by atoms with Gasteiger partial charge in [-0.1, -0.05) is 29.8 Å². The largest absolute Gasteiger partial charge is 0.503 e. The van der Waals surface area contributed by atoms with Crippen molar-refractivity contribution >= 4 is 34.7 Å². The Bertz CT molecular complexity index is 753. The summed E-state index contributed by atoms with van der Waals surface area (Å²) in [5.74, 6) is -0.340. The number of hydrogen-bond donors (Lipinski definition) is 0. The molecule has 0 aliphatic carbocycles. The first kappa shape index (κ1) is 17.0. The Kier molecular flexibility index (Phi) is 5.72. The maximum absolute atomic E-state index is 11.9. The third-order valence-electron chi connectivity index (χ3n) is 2.62. The number of rotatable bonds is 5. The zero-order valence-electron chi connectivity index (χ0n) is 12.1. The average molecular weight is 356 g/mol. The molecule has 0 N–H and O–H groups in total. The van der Waals surface area contributed by atoms with Gasteiger partial charge < -0.3 is 14.2 Å². The minimum absolute atomic E-state index is 0.0410. The van der Waals surface area contributed by atoms with Gasteiger partial charge in [0.2, 0.25) is 10.4 Å². The van der Waals surface area contributed by atoms with Crippen molar-refractivity contribution in [3.8, 4) is 11.6 Å². The van der Waals surface area contributed by atoms with Crippen LogP contribution in [-0.2, 0) is 14.3 Å². The highest BCUT2D eigenvalue weighted by Crippen LogP contribution is 2.32. The van der Waals surface area contributed by atoms with E-state index in [4.69, 9.17) is 37.4 Å². The number of ether oxygens (including phenoxy) is 3. The minimum Gasteiger partial charge on any atom is -0.503 e. The second-order valence-corrected chi connectivity index (χ2v) is 4.73. The van der Waals surface area contributed by atoms with Crippen LogP contribution in [0.5, 0.6) is 11.6 Å². The topological polar surface area (TPSA) is 83.4 Å². The number of carbonyl (C=O) groups is 1. The maximum atomic E-state index is 11.9. The van der Waals surface area contributed by atoms with Gasteiger partial charge in [0.1, 0.15) is 11.3 Å². The van der Waals surface area contributed by atoms with E-state index in [1.54, 1.807) is 24.3 Å². The van der Waals surface area contributed by atoms with E-state index in [1.165, 1.54) is 20.5 Å².